The molecule has 3 aromatic carbocycles. The Hall–Kier alpha value is -2.34. The van der Waals surface area contributed by atoms with E-state index in [9.17, 15) is 4.79 Å². The van der Waals surface area contributed by atoms with Crippen LogP contribution in [0.5, 0.6) is 5.75 Å². The van der Waals surface area contributed by atoms with Crippen LogP contribution in [0.15, 0.2) is 78.9 Å². The molecule has 120 valence electrons. The summed E-state index contributed by atoms with van der Waals surface area (Å²) in [5.41, 5.74) is 2.34. The minimum atomic E-state index is -0.181. The van der Waals surface area contributed by atoms with E-state index >= 15 is 0 Å². The molecule has 3 rings (SSSR count). The molecule has 0 aliphatic rings. The van der Waals surface area contributed by atoms with Gasteiger partial charge in [-0.05, 0) is 64.6 Å². The summed E-state index contributed by atoms with van der Waals surface area (Å²) in [4.78, 5) is 12.5. The summed E-state index contributed by atoms with van der Waals surface area (Å²) in [5.74, 6) is 0.393. The lowest BCUT2D eigenvalue weighted by Crippen LogP contribution is -2.13. The lowest BCUT2D eigenvalue weighted by Gasteiger charge is -2.12. The quantitative estimate of drug-likeness (QED) is 0.572. The summed E-state index contributed by atoms with van der Waals surface area (Å²) < 4.78 is 6.96. The number of rotatable bonds is 5. The molecule has 1 N–H and O–H groups in total. The van der Waals surface area contributed by atoms with E-state index in [0.717, 1.165) is 14.8 Å². The van der Waals surface area contributed by atoms with E-state index in [2.05, 4.69) is 27.9 Å². The molecule has 4 heteroatoms. The van der Waals surface area contributed by atoms with Crippen molar-refractivity contribution >= 4 is 34.2 Å². The summed E-state index contributed by atoms with van der Waals surface area (Å²) in [6.45, 7) is 0.425. The molecule has 0 heterocycles. The molecule has 3 nitrogen and oxygen atoms in total. The Morgan fingerprint density at radius 3 is 2.29 bits per heavy atom. The van der Waals surface area contributed by atoms with Gasteiger partial charge in [-0.15, -0.1) is 0 Å². The van der Waals surface area contributed by atoms with Crippen molar-refractivity contribution in [3.8, 4) is 5.75 Å². The highest BCUT2D eigenvalue weighted by Gasteiger charge is 2.12. The van der Waals surface area contributed by atoms with Crippen LogP contribution in [0.25, 0.3) is 0 Å². The molecule has 0 aromatic heterocycles. The minimum Gasteiger partial charge on any atom is -0.488 e. The average Bonchev–Trinajstić information content (AvgIpc) is 2.63. The Labute approximate surface area is 154 Å². The lowest BCUT2D eigenvalue weighted by atomic mass is 10.1. The van der Waals surface area contributed by atoms with Gasteiger partial charge in [-0.25, -0.2) is 0 Å². The topological polar surface area (TPSA) is 38.3 Å². The first-order chi connectivity index (χ1) is 11.7. The summed E-state index contributed by atoms with van der Waals surface area (Å²) in [7, 11) is 0. The van der Waals surface area contributed by atoms with Crippen LogP contribution in [0, 0.1) is 3.57 Å². The van der Waals surface area contributed by atoms with Crippen LogP contribution in [-0.4, -0.2) is 5.91 Å². The zero-order valence-electron chi connectivity index (χ0n) is 12.9. The van der Waals surface area contributed by atoms with Gasteiger partial charge in [0.25, 0.3) is 5.91 Å². The van der Waals surface area contributed by atoms with Crippen LogP contribution in [0.1, 0.15) is 15.9 Å². The van der Waals surface area contributed by atoms with Crippen molar-refractivity contribution in [2.24, 2.45) is 0 Å². The number of amides is 1. The number of anilines is 1. The molecule has 0 saturated heterocycles. The number of hydrogen-bond acceptors (Lipinski definition) is 2. The fraction of sp³-hybridized carbons (Fsp3) is 0.0500. The van der Waals surface area contributed by atoms with Crippen molar-refractivity contribution in [1.29, 1.82) is 0 Å². The van der Waals surface area contributed by atoms with E-state index in [1.807, 2.05) is 72.8 Å². The van der Waals surface area contributed by atoms with E-state index in [1.54, 1.807) is 6.07 Å². The molecule has 0 aliphatic carbocycles. The molecule has 0 radical (unpaired) electrons. The SMILES string of the molecule is O=C(Nc1ccc(I)cc1)c1ccccc1OCc1ccccc1. The number of nitrogens with one attached hydrogen (secondary N) is 1. The first-order valence-corrected chi connectivity index (χ1v) is 8.63. The third kappa shape index (κ3) is 4.35. The van der Waals surface area contributed by atoms with Crippen molar-refractivity contribution in [3.63, 3.8) is 0 Å². The first-order valence-electron chi connectivity index (χ1n) is 7.55. The predicted molar refractivity (Wildman–Crippen MR) is 104 cm³/mol. The Bertz CT molecular complexity index is 817. The maximum absolute atomic E-state index is 12.5. The van der Waals surface area contributed by atoms with Crippen LogP contribution in [-0.2, 0) is 6.61 Å². The zero-order chi connectivity index (χ0) is 16.8. The van der Waals surface area contributed by atoms with Crippen LogP contribution < -0.4 is 10.1 Å². The summed E-state index contributed by atoms with van der Waals surface area (Å²) in [6, 6.07) is 24.8. The molecule has 0 fully saturated rings. The van der Waals surface area contributed by atoms with Gasteiger partial charge in [-0.2, -0.15) is 0 Å². The highest BCUT2D eigenvalue weighted by atomic mass is 127. The summed E-state index contributed by atoms with van der Waals surface area (Å²) in [6.07, 6.45) is 0. The van der Waals surface area contributed by atoms with Crippen LogP contribution >= 0.6 is 22.6 Å². The number of hydrogen-bond donors (Lipinski definition) is 1. The second kappa shape index (κ2) is 7.97. The normalized spacial score (nSPS) is 10.2. The molecular formula is C20H16INO2. The van der Waals surface area contributed by atoms with E-state index in [-0.39, 0.29) is 5.91 Å². The van der Waals surface area contributed by atoms with Crippen molar-refractivity contribution in [3.05, 3.63) is 93.6 Å². The van der Waals surface area contributed by atoms with Crippen LogP contribution in [0.3, 0.4) is 0 Å². The minimum absolute atomic E-state index is 0.181. The molecule has 24 heavy (non-hydrogen) atoms. The van der Waals surface area contributed by atoms with E-state index in [1.165, 1.54) is 0 Å². The maximum Gasteiger partial charge on any atom is 0.259 e. The molecule has 0 unspecified atom stereocenters. The van der Waals surface area contributed by atoms with Gasteiger partial charge >= 0.3 is 0 Å². The number of para-hydroxylation sites is 1. The lowest BCUT2D eigenvalue weighted by molar-refractivity contribution is 0.102. The molecule has 0 atom stereocenters. The van der Waals surface area contributed by atoms with Crippen molar-refractivity contribution in [1.82, 2.24) is 0 Å². The van der Waals surface area contributed by atoms with Gasteiger partial charge in [-0.1, -0.05) is 42.5 Å². The van der Waals surface area contributed by atoms with Gasteiger partial charge in [0.1, 0.15) is 12.4 Å². The molecule has 0 bridgehead atoms. The third-order valence-electron chi connectivity index (χ3n) is 3.47. The number of carbonyl (C=O) groups is 1. The van der Waals surface area contributed by atoms with Gasteiger partial charge in [0.2, 0.25) is 0 Å². The molecular weight excluding hydrogens is 413 g/mol. The monoisotopic (exact) mass is 429 g/mol. The van der Waals surface area contributed by atoms with E-state index in [4.69, 9.17) is 4.74 Å². The van der Waals surface area contributed by atoms with E-state index in [0.29, 0.717) is 17.9 Å². The molecule has 0 saturated carbocycles. The van der Waals surface area contributed by atoms with Gasteiger partial charge < -0.3 is 10.1 Å². The van der Waals surface area contributed by atoms with Crippen LogP contribution in [0.2, 0.25) is 0 Å². The van der Waals surface area contributed by atoms with E-state index < -0.39 is 0 Å². The van der Waals surface area contributed by atoms with Gasteiger partial charge in [0, 0.05) is 9.26 Å². The van der Waals surface area contributed by atoms with Gasteiger partial charge in [0.05, 0.1) is 5.56 Å². The fourth-order valence-electron chi connectivity index (χ4n) is 2.25. The summed E-state index contributed by atoms with van der Waals surface area (Å²) in [5, 5.41) is 2.90. The van der Waals surface area contributed by atoms with Gasteiger partial charge in [0.15, 0.2) is 0 Å². The Morgan fingerprint density at radius 1 is 0.875 bits per heavy atom. The second-order valence-corrected chi connectivity index (χ2v) is 6.48. The third-order valence-corrected chi connectivity index (χ3v) is 4.19. The largest absolute Gasteiger partial charge is 0.488 e. The van der Waals surface area contributed by atoms with Crippen molar-refractivity contribution in [2.45, 2.75) is 6.61 Å². The number of ether oxygens (including phenoxy) is 1. The zero-order valence-corrected chi connectivity index (χ0v) is 15.1. The van der Waals surface area contributed by atoms with Crippen LogP contribution in [0.4, 0.5) is 5.69 Å². The number of halogens is 1. The number of carbonyl (C=O) groups excluding carboxylic acids is 1. The molecule has 1 amide bonds. The molecule has 0 aliphatic heterocycles. The second-order valence-electron chi connectivity index (χ2n) is 5.23. The average molecular weight is 429 g/mol. The Balaban J connectivity index is 1.73. The standard InChI is InChI=1S/C20H16INO2/c21-16-10-12-17(13-11-16)22-20(23)18-8-4-5-9-19(18)24-14-15-6-2-1-3-7-15/h1-13H,14H2,(H,22,23). The van der Waals surface area contributed by atoms with Crippen molar-refractivity contribution < 1.29 is 9.53 Å². The fourth-order valence-corrected chi connectivity index (χ4v) is 2.61. The predicted octanol–water partition coefficient (Wildman–Crippen LogP) is 5.12. The highest BCUT2D eigenvalue weighted by molar-refractivity contribution is 14.1. The summed E-state index contributed by atoms with van der Waals surface area (Å²) >= 11 is 2.23. The molecule has 0 spiro atoms. The first kappa shape index (κ1) is 16.5. The Kier molecular flexibility index (Phi) is 5.48. The molecule has 3 aromatic rings. The number of benzene rings is 3. The van der Waals surface area contributed by atoms with Gasteiger partial charge in [-0.3, -0.25) is 4.79 Å². The Morgan fingerprint density at radius 2 is 1.54 bits per heavy atom. The maximum atomic E-state index is 12.5. The smallest absolute Gasteiger partial charge is 0.259 e. The highest BCUT2D eigenvalue weighted by Crippen LogP contribution is 2.21. The van der Waals surface area contributed by atoms with Crippen molar-refractivity contribution in [2.75, 3.05) is 5.32 Å².